The summed E-state index contributed by atoms with van der Waals surface area (Å²) in [6.45, 7) is 4.61. The lowest BCUT2D eigenvalue weighted by molar-refractivity contribution is -0.384. The number of hydrogen-bond donors (Lipinski definition) is 0. The molecule has 0 aromatic heterocycles. The summed E-state index contributed by atoms with van der Waals surface area (Å²) in [6.07, 6.45) is 1.43. The number of esters is 2. The van der Waals surface area contributed by atoms with E-state index in [9.17, 15) is 24.5 Å². The van der Waals surface area contributed by atoms with Gasteiger partial charge in [-0.25, -0.2) is 9.79 Å². The number of amidine groups is 1. The molecule has 0 saturated carbocycles. The van der Waals surface area contributed by atoms with Crippen molar-refractivity contribution in [1.29, 1.82) is 0 Å². The van der Waals surface area contributed by atoms with E-state index in [4.69, 9.17) is 9.47 Å². The highest BCUT2D eigenvalue weighted by atomic mass is 32.2. The molecule has 3 aliphatic rings. The van der Waals surface area contributed by atoms with Gasteiger partial charge in [0.2, 0.25) is 5.91 Å². The van der Waals surface area contributed by atoms with E-state index in [-0.39, 0.29) is 29.9 Å². The molecule has 3 aliphatic heterocycles. The molecule has 196 valence electrons. The van der Waals surface area contributed by atoms with Crippen LogP contribution >= 0.6 is 11.8 Å². The first-order chi connectivity index (χ1) is 17.7. The number of allylic oxidation sites excluding steroid dienone is 1. The lowest BCUT2D eigenvalue weighted by Crippen LogP contribution is -2.44. The number of benzene rings is 1. The van der Waals surface area contributed by atoms with Crippen LogP contribution in [-0.4, -0.2) is 64.5 Å². The first-order valence-electron chi connectivity index (χ1n) is 12.0. The Balaban J connectivity index is 1.61. The molecule has 4 rings (SSSR count). The predicted molar refractivity (Wildman–Crippen MR) is 136 cm³/mol. The van der Waals surface area contributed by atoms with Crippen LogP contribution in [0, 0.1) is 16.0 Å². The Morgan fingerprint density at radius 3 is 2.62 bits per heavy atom. The lowest BCUT2D eigenvalue weighted by Gasteiger charge is -2.37. The van der Waals surface area contributed by atoms with Crippen LogP contribution in [0.5, 0.6) is 0 Å². The summed E-state index contributed by atoms with van der Waals surface area (Å²) in [4.78, 5) is 57.2. The van der Waals surface area contributed by atoms with Gasteiger partial charge in [-0.2, -0.15) is 0 Å². The second-order valence-corrected chi connectivity index (χ2v) is 9.68. The predicted octanol–water partition coefficient (Wildman–Crippen LogP) is 3.53. The Bertz CT molecular complexity index is 1210. The highest BCUT2D eigenvalue weighted by Crippen LogP contribution is 2.45. The minimum Gasteiger partial charge on any atom is -0.466 e. The van der Waals surface area contributed by atoms with Crippen LogP contribution in [0.4, 0.5) is 5.69 Å². The number of nitrogens with zero attached hydrogens (tertiary/aromatic N) is 4. The fraction of sp³-hybridized carbons (Fsp3) is 0.440. The Kier molecular flexibility index (Phi) is 7.96. The van der Waals surface area contributed by atoms with E-state index in [1.54, 1.807) is 30.9 Å². The zero-order valence-corrected chi connectivity index (χ0v) is 21.7. The number of amides is 1. The van der Waals surface area contributed by atoms with Crippen LogP contribution in [0.15, 0.2) is 51.6 Å². The third kappa shape index (κ3) is 5.38. The van der Waals surface area contributed by atoms with Crippen molar-refractivity contribution in [2.24, 2.45) is 10.9 Å². The SMILES string of the molecule is CCOC(=O)[C@@H]1CCCN(C(=O)CC2=CSC3=NC(C)=C(C(=O)OC)[C@H](c4ccc([N+](=O)[O-])cc4)N23)C1. The van der Waals surface area contributed by atoms with Gasteiger partial charge in [0, 0.05) is 30.9 Å². The molecular weight excluding hydrogens is 500 g/mol. The lowest BCUT2D eigenvalue weighted by atomic mass is 9.93. The topological polar surface area (TPSA) is 132 Å². The van der Waals surface area contributed by atoms with Crippen molar-refractivity contribution in [3.63, 3.8) is 0 Å². The number of non-ortho nitro benzene ring substituents is 1. The zero-order chi connectivity index (χ0) is 26.7. The number of ether oxygens (including phenoxy) is 2. The summed E-state index contributed by atoms with van der Waals surface area (Å²) < 4.78 is 10.2. The molecule has 11 nitrogen and oxygen atoms in total. The van der Waals surface area contributed by atoms with E-state index in [1.165, 1.54) is 31.0 Å². The molecule has 0 aliphatic carbocycles. The molecule has 3 heterocycles. The summed E-state index contributed by atoms with van der Waals surface area (Å²) >= 11 is 1.34. The number of carbonyl (C=O) groups is 3. The number of rotatable bonds is 7. The molecule has 0 radical (unpaired) electrons. The fourth-order valence-electron chi connectivity index (χ4n) is 4.76. The molecule has 12 heteroatoms. The molecular formula is C25H28N4O7S. The Morgan fingerprint density at radius 2 is 1.97 bits per heavy atom. The van der Waals surface area contributed by atoms with Gasteiger partial charge < -0.3 is 19.3 Å². The maximum absolute atomic E-state index is 13.3. The van der Waals surface area contributed by atoms with Crippen molar-refractivity contribution >= 4 is 40.5 Å². The van der Waals surface area contributed by atoms with Gasteiger partial charge in [-0.05, 0) is 49.8 Å². The highest BCUT2D eigenvalue weighted by Gasteiger charge is 2.41. The number of carbonyl (C=O) groups excluding carboxylic acids is 3. The number of aliphatic imine (C=N–C) groups is 1. The molecule has 0 unspecified atom stereocenters. The third-order valence-electron chi connectivity index (χ3n) is 6.55. The van der Waals surface area contributed by atoms with Crippen LogP contribution < -0.4 is 0 Å². The van der Waals surface area contributed by atoms with E-state index < -0.39 is 16.9 Å². The smallest absolute Gasteiger partial charge is 0.338 e. The highest BCUT2D eigenvalue weighted by molar-refractivity contribution is 8.16. The van der Waals surface area contributed by atoms with E-state index in [0.717, 1.165) is 0 Å². The van der Waals surface area contributed by atoms with Crippen LogP contribution in [0.3, 0.4) is 0 Å². The summed E-state index contributed by atoms with van der Waals surface area (Å²) in [5.41, 5.74) is 1.96. The molecule has 0 spiro atoms. The summed E-state index contributed by atoms with van der Waals surface area (Å²) in [6, 6.07) is 5.28. The van der Waals surface area contributed by atoms with Crippen molar-refractivity contribution in [3.8, 4) is 0 Å². The zero-order valence-electron chi connectivity index (χ0n) is 20.8. The number of piperidine rings is 1. The number of fused-ring (bicyclic) bond motifs is 1. The summed E-state index contributed by atoms with van der Waals surface area (Å²) in [7, 11) is 1.28. The molecule has 1 amide bonds. The van der Waals surface area contributed by atoms with E-state index in [0.29, 0.717) is 60.2 Å². The molecule has 2 atom stereocenters. The van der Waals surface area contributed by atoms with Crippen molar-refractivity contribution in [2.75, 3.05) is 26.8 Å². The van der Waals surface area contributed by atoms with Gasteiger partial charge in [-0.3, -0.25) is 19.7 Å². The minimum atomic E-state index is -0.677. The number of thioether (sulfide) groups is 1. The quantitative estimate of drug-likeness (QED) is 0.296. The van der Waals surface area contributed by atoms with Crippen molar-refractivity contribution in [2.45, 2.75) is 39.2 Å². The number of nitro benzene ring substituents is 1. The van der Waals surface area contributed by atoms with Gasteiger partial charge >= 0.3 is 11.9 Å². The molecule has 0 N–H and O–H groups in total. The monoisotopic (exact) mass is 528 g/mol. The van der Waals surface area contributed by atoms with Crippen LogP contribution in [-0.2, 0) is 23.9 Å². The second-order valence-electron chi connectivity index (χ2n) is 8.84. The molecule has 0 bridgehead atoms. The average molecular weight is 529 g/mol. The van der Waals surface area contributed by atoms with Crippen LogP contribution in [0.2, 0.25) is 0 Å². The maximum Gasteiger partial charge on any atom is 0.338 e. The summed E-state index contributed by atoms with van der Waals surface area (Å²) in [5, 5.41) is 13.6. The van der Waals surface area contributed by atoms with Crippen molar-refractivity contribution in [3.05, 3.63) is 62.3 Å². The first-order valence-corrected chi connectivity index (χ1v) is 12.8. The maximum atomic E-state index is 13.3. The van der Waals surface area contributed by atoms with E-state index in [1.807, 2.05) is 10.3 Å². The molecule has 1 aromatic carbocycles. The number of nitro groups is 1. The van der Waals surface area contributed by atoms with Gasteiger partial charge in [-0.15, -0.1) is 0 Å². The third-order valence-corrected chi connectivity index (χ3v) is 7.44. The minimum absolute atomic E-state index is 0.0402. The number of methoxy groups -OCH3 is 1. The normalized spacial score (nSPS) is 21.2. The van der Waals surface area contributed by atoms with Gasteiger partial charge in [-0.1, -0.05) is 11.8 Å². The second kappa shape index (κ2) is 11.2. The standard InChI is InChI=1S/C25H28N4O7S/c1-4-36-23(31)17-6-5-11-27(13-17)20(30)12-19-14-37-25-26-15(2)21(24(32)35-3)22(28(19)25)16-7-9-18(10-8-16)29(33)34/h7-10,14,17,22H,4-6,11-13H2,1-3H3/t17-,22+/m1/s1. The van der Waals surface area contributed by atoms with Crippen LogP contribution in [0.25, 0.3) is 0 Å². The molecule has 1 saturated heterocycles. The van der Waals surface area contributed by atoms with Gasteiger partial charge in [0.1, 0.15) is 0 Å². The molecule has 1 aromatic rings. The van der Waals surface area contributed by atoms with Crippen molar-refractivity contribution in [1.82, 2.24) is 9.80 Å². The number of hydrogen-bond acceptors (Lipinski definition) is 10. The molecule has 37 heavy (non-hydrogen) atoms. The molecule has 1 fully saturated rings. The van der Waals surface area contributed by atoms with E-state index >= 15 is 0 Å². The Hall–Kier alpha value is -3.67. The fourth-order valence-corrected chi connectivity index (χ4v) is 5.72. The van der Waals surface area contributed by atoms with Crippen molar-refractivity contribution < 1.29 is 28.8 Å². The van der Waals surface area contributed by atoms with Gasteiger partial charge in [0.05, 0.1) is 48.3 Å². The van der Waals surface area contributed by atoms with Crippen LogP contribution in [0.1, 0.15) is 44.7 Å². The Labute approximate surface area is 218 Å². The van der Waals surface area contributed by atoms with Gasteiger partial charge in [0.25, 0.3) is 5.69 Å². The largest absolute Gasteiger partial charge is 0.466 e. The van der Waals surface area contributed by atoms with Gasteiger partial charge in [0.15, 0.2) is 5.17 Å². The number of likely N-dealkylation sites (tertiary alicyclic amines) is 1. The first kappa shape index (κ1) is 26.4. The Morgan fingerprint density at radius 1 is 1.24 bits per heavy atom. The van der Waals surface area contributed by atoms with E-state index in [2.05, 4.69) is 4.99 Å². The average Bonchev–Trinajstić information content (AvgIpc) is 3.29. The summed E-state index contributed by atoms with van der Waals surface area (Å²) in [5.74, 6) is -1.35.